The predicted octanol–water partition coefficient (Wildman–Crippen LogP) is 4.89. The maximum absolute atomic E-state index is 2.30. The first-order valence-electron chi connectivity index (χ1n) is 6.18. The van der Waals surface area contributed by atoms with Crippen LogP contribution in [0.5, 0.6) is 0 Å². The van der Waals surface area contributed by atoms with Crippen molar-refractivity contribution in [3.05, 3.63) is 77.9 Å². The van der Waals surface area contributed by atoms with E-state index in [9.17, 15) is 0 Å². The molecule has 0 aromatic heterocycles. The Labute approximate surface area is 104 Å². The number of hydrogen-bond donors (Lipinski definition) is 0. The minimum Gasteiger partial charge on any atom is -0.0764 e. The molecule has 0 N–H and O–H groups in total. The molecule has 0 saturated carbocycles. The van der Waals surface area contributed by atoms with Crippen LogP contribution in [0.2, 0.25) is 0 Å². The Kier molecular flexibility index (Phi) is 4.15. The number of allylic oxidation sites excluding steroid dienone is 1. The summed E-state index contributed by atoms with van der Waals surface area (Å²) in [7, 11) is 0. The topological polar surface area (TPSA) is 0 Å². The lowest BCUT2D eigenvalue weighted by Crippen LogP contribution is -1.92. The molecular weight excluding hydrogens is 204 g/mol. The van der Waals surface area contributed by atoms with Crippen LogP contribution in [0.4, 0.5) is 0 Å². The normalized spacial score (nSPS) is 12.8. The van der Waals surface area contributed by atoms with Crippen LogP contribution >= 0.6 is 0 Å². The van der Waals surface area contributed by atoms with Crippen LogP contribution in [-0.4, -0.2) is 0 Å². The summed E-state index contributed by atoms with van der Waals surface area (Å²) in [5, 5.41) is 0. The van der Waals surface area contributed by atoms with E-state index in [0.29, 0.717) is 5.92 Å². The van der Waals surface area contributed by atoms with E-state index in [1.54, 1.807) is 0 Å². The molecule has 0 aliphatic carbocycles. The van der Waals surface area contributed by atoms with E-state index in [2.05, 4.69) is 73.7 Å². The van der Waals surface area contributed by atoms with Gasteiger partial charge in [-0.3, -0.25) is 0 Å². The van der Waals surface area contributed by atoms with Crippen LogP contribution in [0.3, 0.4) is 0 Å². The lowest BCUT2D eigenvalue weighted by atomic mass is 9.95. The Morgan fingerprint density at radius 3 is 2.06 bits per heavy atom. The zero-order chi connectivity index (χ0) is 11.9. The van der Waals surface area contributed by atoms with Gasteiger partial charge in [-0.05, 0) is 17.5 Å². The minimum atomic E-state index is 0.511. The third-order valence-corrected chi connectivity index (χ3v) is 2.99. The SMILES string of the molecule is CC[C@H](/C=C/c1ccccc1)c1ccccc1. The van der Waals surface area contributed by atoms with Gasteiger partial charge in [-0.25, -0.2) is 0 Å². The molecule has 0 saturated heterocycles. The number of rotatable bonds is 4. The Morgan fingerprint density at radius 2 is 1.47 bits per heavy atom. The largest absolute Gasteiger partial charge is 0.0764 e. The Morgan fingerprint density at radius 1 is 0.882 bits per heavy atom. The average Bonchev–Trinajstić information content (AvgIpc) is 2.42. The molecule has 0 heteroatoms. The number of hydrogen-bond acceptors (Lipinski definition) is 0. The van der Waals surface area contributed by atoms with Crippen LogP contribution in [0.15, 0.2) is 66.7 Å². The third-order valence-electron chi connectivity index (χ3n) is 2.99. The van der Waals surface area contributed by atoms with Gasteiger partial charge < -0.3 is 0 Å². The fourth-order valence-corrected chi connectivity index (χ4v) is 1.97. The summed E-state index contributed by atoms with van der Waals surface area (Å²) in [6.45, 7) is 2.23. The molecule has 0 radical (unpaired) electrons. The minimum absolute atomic E-state index is 0.511. The van der Waals surface area contributed by atoms with E-state index in [1.165, 1.54) is 11.1 Å². The smallest absolute Gasteiger partial charge is 0.00186 e. The summed E-state index contributed by atoms with van der Waals surface area (Å²) in [4.78, 5) is 0. The van der Waals surface area contributed by atoms with Gasteiger partial charge in [-0.1, -0.05) is 79.7 Å². The van der Waals surface area contributed by atoms with Gasteiger partial charge >= 0.3 is 0 Å². The molecule has 2 aromatic rings. The molecule has 2 aromatic carbocycles. The summed E-state index contributed by atoms with van der Waals surface area (Å²) >= 11 is 0. The molecule has 17 heavy (non-hydrogen) atoms. The Bertz CT molecular complexity index is 454. The lowest BCUT2D eigenvalue weighted by Gasteiger charge is -2.10. The van der Waals surface area contributed by atoms with Crippen LogP contribution < -0.4 is 0 Å². The molecule has 0 unspecified atom stereocenters. The summed E-state index contributed by atoms with van der Waals surface area (Å²) in [6.07, 6.45) is 5.64. The van der Waals surface area contributed by atoms with Crippen molar-refractivity contribution in [2.45, 2.75) is 19.3 Å². The van der Waals surface area contributed by atoms with Gasteiger partial charge in [0.1, 0.15) is 0 Å². The highest BCUT2D eigenvalue weighted by atomic mass is 14.1. The first kappa shape index (κ1) is 11.7. The summed E-state index contributed by atoms with van der Waals surface area (Å²) in [5.41, 5.74) is 2.66. The second-order valence-corrected chi connectivity index (χ2v) is 4.20. The molecule has 0 fully saturated rings. The second kappa shape index (κ2) is 6.05. The summed E-state index contributed by atoms with van der Waals surface area (Å²) < 4.78 is 0. The summed E-state index contributed by atoms with van der Waals surface area (Å²) in [5.74, 6) is 0.511. The first-order valence-corrected chi connectivity index (χ1v) is 6.18. The predicted molar refractivity (Wildman–Crippen MR) is 75.0 cm³/mol. The molecule has 0 bridgehead atoms. The van der Waals surface area contributed by atoms with E-state index in [-0.39, 0.29) is 0 Å². The van der Waals surface area contributed by atoms with E-state index in [4.69, 9.17) is 0 Å². The van der Waals surface area contributed by atoms with Crippen LogP contribution in [0.1, 0.15) is 30.4 Å². The molecule has 2 rings (SSSR count). The average molecular weight is 222 g/mol. The van der Waals surface area contributed by atoms with Crippen molar-refractivity contribution < 1.29 is 0 Å². The fourth-order valence-electron chi connectivity index (χ4n) is 1.97. The molecule has 0 heterocycles. The van der Waals surface area contributed by atoms with Gasteiger partial charge in [0.2, 0.25) is 0 Å². The van der Waals surface area contributed by atoms with E-state index < -0.39 is 0 Å². The van der Waals surface area contributed by atoms with E-state index in [1.807, 2.05) is 6.07 Å². The van der Waals surface area contributed by atoms with E-state index >= 15 is 0 Å². The molecule has 0 nitrogen and oxygen atoms in total. The van der Waals surface area contributed by atoms with Crippen LogP contribution in [-0.2, 0) is 0 Å². The zero-order valence-electron chi connectivity index (χ0n) is 10.2. The second-order valence-electron chi connectivity index (χ2n) is 4.20. The maximum Gasteiger partial charge on any atom is 0.00186 e. The quantitative estimate of drug-likeness (QED) is 0.690. The molecule has 0 aliphatic rings. The molecule has 0 aliphatic heterocycles. The third kappa shape index (κ3) is 3.32. The van der Waals surface area contributed by atoms with Gasteiger partial charge in [0.15, 0.2) is 0 Å². The zero-order valence-corrected chi connectivity index (χ0v) is 10.2. The standard InChI is InChI=1S/C17H18/c1-2-16(17-11-7-4-8-12-17)14-13-15-9-5-3-6-10-15/h3-14,16H,2H2,1H3/b14-13+/t16-/m1/s1. The van der Waals surface area contributed by atoms with Crippen molar-refractivity contribution in [2.75, 3.05) is 0 Å². The monoisotopic (exact) mass is 222 g/mol. The Hall–Kier alpha value is -1.82. The molecule has 0 spiro atoms. The van der Waals surface area contributed by atoms with Gasteiger partial charge in [0.05, 0.1) is 0 Å². The summed E-state index contributed by atoms with van der Waals surface area (Å²) in [6, 6.07) is 21.1. The highest BCUT2D eigenvalue weighted by Gasteiger charge is 2.03. The molecule has 86 valence electrons. The molecular formula is C17H18. The van der Waals surface area contributed by atoms with Gasteiger partial charge in [0.25, 0.3) is 0 Å². The van der Waals surface area contributed by atoms with Gasteiger partial charge in [-0.15, -0.1) is 0 Å². The van der Waals surface area contributed by atoms with Crippen molar-refractivity contribution in [3.63, 3.8) is 0 Å². The van der Waals surface area contributed by atoms with Crippen molar-refractivity contribution in [2.24, 2.45) is 0 Å². The fraction of sp³-hybridized carbons (Fsp3) is 0.176. The van der Waals surface area contributed by atoms with Crippen molar-refractivity contribution in [3.8, 4) is 0 Å². The highest BCUT2D eigenvalue weighted by Crippen LogP contribution is 2.21. The van der Waals surface area contributed by atoms with E-state index in [0.717, 1.165) is 6.42 Å². The van der Waals surface area contributed by atoms with Gasteiger partial charge in [-0.2, -0.15) is 0 Å². The van der Waals surface area contributed by atoms with Crippen molar-refractivity contribution >= 4 is 6.08 Å². The molecule has 1 atom stereocenters. The van der Waals surface area contributed by atoms with Crippen molar-refractivity contribution in [1.82, 2.24) is 0 Å². The Balaban J connectivity index is 2.14. The first-order chi connectivity index (χ1) is 8.40. The lowest BCUT2D eigenvalue weighted by molar-refractivity contribution is 0.808. The van der Waals surface area contributed by atoms with Crippen molar-refractivity contribution in [1.29, 1.82) is 0 Å². The highest BCUT2D eigenvalue weighted by molar-refractivity contribution is 5.50. The van der Waals surface area contributed by atoms with Crippen LogP contribution in [0.25, 0.3) is 6.08 Å². The number of benzene rings is 2. The maximum atomic E-state index is 2.30. The van der Waals surface area contributed by atoms with Gasteiger partial charge in [0, 0.05) is 5.92 Å². The van der Waals surface area contributed by atoms with Crippen LogP contribution in [0, 0.1) is 0 Å². The molecule has 0 amide bonds.